The number of nitrogens with zero attached hydrogens (tertiary/aromatic N) is 2. The highest BCUT2D eigenvalue weighted by molar-refractivity contribution is 5.74. The van der Waals surface area contributed by atoms with Gasteiger partial charge < -0.3 is 4.84 Å². The molecule has 0 bridgehead atoms. The molecule has 0 aliphatic carbocycles. The van der Waals surface area contributed by atoms with E-state index in [4.69, 9.17) is 4.84 Å². The summed E-state index contributed by atoms with van der Waals surface area (Å²) in [7, 11) is 0. The van der Waals surface area contributed by atoms with Crippen molar-refractivity contribution < 1.29 is 9.63 Å². The van der Waals surface area contributed by atoms with E-state index < -0.39 is 17.2 Å². The highest BCUT2D eigenvalue weighted by atomic mass is 16.7. The predicted octanol–water partition coefficient (Wildman–Crippen LogP) is -0.976. The molecule has 8 nitrogen and oxygen atoms in total. The van der Waals surface area contributed by atoms with Crippen LogP contribution in [0.25, 0.3) is 11.2 Å². The van der Waals surface area contributed by atoms with Crippen molar-refractivity contribution >= 4 is 17.1 Å². The van der Waals surface area contributed by atoms with Gasteiger partial charge in [0.25, 0.3) is 5.56 Å². The molecule has 17 heavy (non-hydrogen) atoms. The molecule has 0 atom stereocenters. The fourth-order valence-electron chi connectivity index (χ4n) is 1.19. The first-order chi connectivity index (χ1) is 7.99. The second-order valence-electron chi connectivity index (χ2n) is 3.74. The summed E-state index contributed by atoms with van der Waals surface area (Å²) in [4.78, 5) is 46.8. The predicted molar refractivity (Wildman–Crippen MR) is 57.4 cm³/mol. The zero-order valence-electron chi connectivity index (χ0n) is 9.18. The highest BCUT2D eigenvalue weighted by Crippen LogP contribution is 2.02. The number of hydrogen-bond donors (Lipinski definition) is 2. The van der Waals surface area contributed by atoms with Crippen LogP contribution in [0.2, 0.25) is 0 Å². The largest absolute Gasteiger partial charge is 0.335 e. The van der Waals surface area contributed by atoms with E-state index in [1.807, 2.05) is 4.98 Å². The average Bonchev–Trinajstić information content (AvgIpc) is 2.61. The van der Waals surface area contributed by atoms with Crippen LogP contribution in [-0.2, 0) is 4.79 Å². The van der Waals surface area contributed by atoms with Gasteiger partial charge in [-0.3, -0.25) is 14.8 Å². The SMILES string of the molecule is CC(C)C(=O)On1cnc2c(=O)[nH]c(=O)[nH]c21. The minimum Gasteiger partial charge on any atom is -0.333 e. The number of carbonyl (C=O) groups is 1. The molecule has 2 N–H and O–H groups in total. The van der Waals surface area contributed by atoms with E-state index in [1.54, 1.807) is 13.8 Å². The lowest BCUT2D eigenvalue weighted by Crippen LogP contribution is -2.26. The maximum atomic E-state index is 11.4. The Morgan fingerprint density at radius 3 is 2.76 bits per heavy atom. The van der Waals surface area contributed by atoms with Crippen molar-refractivity contribution in [2.45, 2.75) is 13.8 Å². The van der Waals surface area contributed by atoms with Gasteiger partial charge in [0.15, 0.2) is 11.2 Å². The number of hydrogen-bond acceptors (Lipinski definition) is 5. The molecule has 2 aromatic rings. The van der Waals surface area contributed by atoms with Gasteiger partial charge >= 0.3 is 11.7 Å². The summed E-state index contributed by atoms with van der Waals surface area (Å²) in [5.41, 5.74) is -1.28. The highest BCUT2D eigenvalue weighted by Gasteiger charge is 2.14. The average molecular weight is 238 g/mol. The number of carbonyl (C=O) groups excluding carboxylic acids is 1. The molecule has 0 radical (unpaired) electrons. The van der Waals surface area contributed by atoms with Gasteiger partial charge in [-0.05, 0) is 0 Å². The van der Waals surface area contributed by atoms with E-state index in [-0.39, 0.29) is 17.1 Å². The first-order valence-corrected chi connectivity index (χ1v) is 4.91. The fraction of sp³-hybridized carbons (Fsp3) is 0.333. The lowest BCUT2D eigenvalue weighted by Gasteiger charge is -2.06. The number of fused-ring (bicyclic) bond motifs is 1. The van der Waals surface area contributed by atoms with Crippen molar-refractivity contribution in [1.29, 1.82) is 0 Å². The molecule has 0 aromatic carbocycles. The van der Waals surface area contributed by atoms with Gasteiger partial charge in [0.2, 0.25) is 0 Å². The van der Waals surface area contributed by atoms with E-state index in [2.05, 4.69) is 9.97 Å². The van der Waals surface area contributed by atoms with Crippen molar-refractivity contribution in [2.24, 2.45) is 5.92 Å². The number of rotatable bonds is 2. The molecule has 0 spiro atoms. The van der Waals surface area contributed by atoms with Crippen molar-refractivity contribution in [3.63, 3.8) is 0 Å². The van der Waals surface area contributed by atoms with Crippen LogP contribution in [0, 0.1) is 5.92 Å². The Kier molecular flexibility index (Phi) is 2.54. The number of aromatic nitrogens is 4. The van der Waals surface area contributed by atoms with Gasteiger partial charge in [-0.2, -0.15) is 0 Å². The Labute approximate surface area is 94.2 Å². The van der Waals surface area contributed by atoms with Crippen LogP contribution in [-0.4, -0.2) is 25.7 Å². The Bertz CT molecular complexity index is 678. The van der Waals surface area contributed by atoms with Crippen LogP contribution in [0.3, 0.4) is 0 Å². The summed E-state index contributed by atoms with van der Waals surface area (Å²) in [6, 6.07) is 0. The first-order valence-electron chi connectivity index (χ1n) is 4.91. The molecular formula is C9H10N4O4. The van der Waals surface area contributed by atoms with Gasteiger partial charge in [-0.1, -0.05) is 13.8 Å². The van der Waals surface area contributed by atoms with E-state index in [0.717, 1.165) is 11.1 Å². The van der Waals surface area contributed by atoms with Gasteiger partial charge in [0.1, 0.15) is 6.33 Å². The van der Waals surface area contributed by atoms with Crippen LogP contribution in [0.15, 0.2) is 15.9 Å². The number of imidazole rings is 1. The van der Waals surface area contributed by atoms with Gasteiger partial charge in [0, 0.05) is 0 Å². The van der Waals surface area contributed by atoms with Gasteiger partial charge in [0.05, 0.1) is 5.92 Å². The molecule has 8 heteroatoms. The number of aromatic amines is 2. The second-order valence-corrected chi connectivity index (χ2v) is 3.74. The summed E-state index contributed by atoms with van der Waals surface area (Å²) in [5.74, 6) is -0.827. The molecule has 0 aliphatic rings. The van der Waals surface area contributed by atoms with Crippen molar-refractivity contribution in [3.05, 3.63) is 27.2 Å². The minimum absolute atomic E-state index is 0.00107. The summed E-state index contributed by atoms with van der Waals surface area (Å²) in [6.07, 6.45) is 1.15. The van der Waals surface area contributed by atoms with E-state index in [0.29, 0.717) is 0 Å². The fourth-order valence-corrected chi connectivity index (χ4v) is 1.19. The topological polar surface area (TPSA) is 110 Å². The molecule has 0 saturated heterocycles. The number of nitrogens with one attached hydrogen (secondary N) is 2. The molecule has 90 valence electrons. The third-order valence-electron chi connectivity index (χ3n) is 2.07. The minimum atomic E-state index is -0.690. The molecule has 2 aromatic heterocycles. The molecule has 0 unspecified atom stereocenters. The first kappa shape index (κ1) is 11.1. The monoisotopic (exact) mass is 238 g/mol. The molecule has 2 rings (SSSR count). The lowest BCUT2D eigenvalue weighted by molar-refractivity contribution is -0.147. The van der Waals surface area contributed by atoms with E-state index in [1.165, 1.54) is 0 Å². The van der Waals surface area contributed by atoms with Crippen molar-refractivity contribution in [2.75, 3.05) is 0 Å². The van der Waals surface area contributed by atoms with E-state index in [9.17, 15) is 14.4 Å². The van der Waals surface area contributed by atoms with Crippen molar-refractivity contribution in [1.82, 2.24) is 19.7 Å². The standard InChI is InChI=1S/C9H10N4O4/c1-4(2)8(15)17-13-3-10-5-6(13)11-9(16)12-7(5)14/h3-4H,1-2H3,(H2,11,12,14,16). The molecule has 0 aliphatic heterocycles. The Balaban J connectivity index is 2.53. The molecule has 2 heterocycles. The Morgan fingerprint density at radius 1 is 1.41 bits per heavy atom. The third-order valence-corrected chi connectivity index (χ3v) is 2.07. The Morgan fingerprint density at radius 2 is 2.12 bits per heavy atom. The summed E-state index contributed by atoms with van der Waals surface area (Å²) in [5, 5.41) is 0. The van der Waals surface area contributed by atoms with Crippen LogP contribution in [0.5, 0.6) is 0 Å². The zero-order valence-corrected chi connectivity index (χ0v) is 9.18. The Hall–Kier alpha value is -2.38. The summed E-state index contributed by atoms with van der Waals surface area (Å²) < 4.78 is 0.967. The zero-order chi connectivity index (χ0) is 12.6. The lowest BCUT2D eigenvalue weighted by atomic mass is 10.2. The smallest absolute Gasteiger partial charge is 0.333 e. The number of H-pyrrole nitrogens is 2. The maximum absolute atomic E-state index is 11.4. The summed E-state index contributed by atoms with van der Waals surface area (Å²) in [6.45, 7) is 3.33. The van der Waals surface area contributed by atoms with Crippen molar-refractivity contribution in [3.8, 4) is 0 Å². The van der Waals surface area contributed by atoms with Crippen LogP contribution < -0.4 is 16.1 Å². The molecule has 0 fully saturated rings. The van der Waals surface area contributed by atoms with Gasteiger partial charge in [-0.25, -0.2) is 14.6 Å². The molecule has 0 amide bonds. The third kappa shape index (κ3) is 1.96. The maximum Gasteiger partial charge on any atom is 0.335 e. The van der Waals surface area contributed by atoms with E-state index >= 15 is 0 Å². The van der Waals surface area contributed by atoms with Gasteiger partial charge in [-0.15, -0.1) is 4.73 Å². The second kappa shape index (κ2) is 3.89. The summed E-state index contributed by atoms with van der Waals surface area (Å²) >= 11 is 0. The van der Waals surface area contributed by atoms with Crippen LogP contribution in [0.1, 0.15) is 13.8 Å². The van der Waals surface area contributed by atoms with Crippen LogP contribution >= 0.6 is 0 Å². The molecular weight excluding hydrogens is 228 g/mol. The quantitative estimate of drug-likeness (QED) is 0.699. The normalized spacial score (nSPS) is 11.0. The van der Waals surface area contributed by atoms with Crippen LogP contribution in [0.4, 0.5) is 0 Å². The molecule has 0 saturated carbocycles.